The number of amides is 4. The van der Waals surface area contributed by atoms with Gasteiger partial charge in [0.25, 0.3) is 0 Å². The molecule has 0 aliphatic heterocycles. The topological polar surface area (TPSA) is 133 Å². The molecule has 4 amide bonds. The monoisotopic (exact) mass is 586 g/mol. The van der Waals surface area contributed by atoms with Gasteiger partial charge in [0.2, 0.25) is 17.7 Å². The zero-order valence-electron chi connectivity index (χ0n) is 25.8. The van der Waals surface area contributed by atoms with Gasteiger partial charge in [0.1, 0.15) is 11.6 Å². The highest BCUT2D eigenvalue weighted by atomic mass is 16.4. The maximum Gasteiger partial charge on any atom is 0.405 e. The molecule has 0 saturated heterocycles. The van der Waals surface area contributed by atoms with Crippen LogP contribution in [0.3, 0.4) is 0 Å². The minimum atomic E-state index is -1.36. The average Bonchev–Trinajstić information content (AvgIpc) is 2.93. The van der Waals surface area contributed by atoms with E-state index >= 15 is 0 Å². The summed E-state index contributed by atoms with van der Waals surface area (Å²) in [5.41, 5.74) is 6.08. The first kappa shape index (κ1) is 32.8. The van der Waals surface area contributed by atoms with E-state index in [-0.39, 0.29) is 12.8 Å². The number of carbonyl (C=O) groups excluding carboxylic acids is 3. The minimum Gasteiger partial charge on any atom is -0.465 e. The number of likely N-dealkylation sites (N-methyl/N-ethyl adjacent to an activating group) is 2. The van der Waals surface area contributed by atoms with E-state index in [9.17, 15) is 19.2 Å². The normalized spacial score (nSPS) is 14.0. The molecule has 4 N–H and O–H groups in total. The standard InChI is InChI=1S/C34H42N4O5/c1-23(21-33(2,3)36-32(42)43)18-29(39)37(5)28(20-25-16-17-26-14-10-11-15-27(26)19-25)30(40)38(6)34(4,31(35)41)22-24-12-8-7-9-13-24/h7-19,28,36H,20-22H2,1-6H3,(H2,35,41)(H,42,43)/b23-18+/t28-,34-/m1/s1. The summed E-state index contributed by atoms with van der Waals surface area (Å²) in [5.74, 6) is -1.50. The van der Waals surface area contributed by atoms with E-state index in [4.69, 9.17) is 10.8 Å². The number of nitrogens with zero attached hydrogens (tertiary/aromatic N) is 2. The predicted octanol–water partition coefficient (Wildman–Crippen LogP) is 4.54. The molecule has 3 rings (SSSR count). The summed E-state index contributed by atoms with van der Waals surface area (Å²) in [6, 6.07) is 22.1. The first-order valence-electron chi connectivity index (χ1n) is 14.2. The van der Waals surface area contributed by atoms with Crippen molar-refractivity contribution in [3.05, 3.63) is 95.6 Å². The third kappa shape index (κ3) is 8.44. The van der Waals surface area contributed by atoms with Crippen molar-refractivity contribution in [1.82, 2.24) is 15.1 Å². The highest BCUT2D eigenvalue weighted by molar-refractivity contribution is 5.96. The molecule has 0 heterocycles. The Morgan fingerprint density at radius 2 is 1.51 bits per heavy atom. The molecule has 3 aromatic carbocycles. The Morgan fingerprint density at radius 3 is 2.12 bits per heavy atom. The molecule has 0 aliphatic rings. The van der Waals surface area contributed by atoms with Crippen LogP contribution in [-0.4, -0.2) is 69.9 Å². The second-order valence-corrected chi connectivity index (χ2v) is 12.0. The fraction of sp³-hybridized carbons (Fsp3) is 0.353. The highest BCUT2D eigenvalue weighted by Crippen LogP contribution is 2.24. The Bertz CT molecular complexity index is 1520. The number of rotatable bonds is 12. The Balaban J connectivity index is 1.97. The summed E-state index contributed by atoms with van der Waals surface area (Å²) in [6.45, 7) is 6.83. The van der Waals surface area contributed by atoms with Crippen molar-refractivity contribution >= 4 is 34.6 Å². The van der Waals surface area contributed by atoms with Crippen LogP contribution in [0.2, 0.25) is 0 Å². The number of nitrogens with two attached hydrogens (primary N) is 1. The molecule has 2 atom stereocenters. The van der Waals surface area contributed by atoms with E-state index in [0.29, 0.717) is 12.0 Å². The number of primary amides is 1. The molecular formula is C34H42N4O5. The molecule has 0 bridgehead atoms. The molecule has 43 heavy (non-hydrogen) atoms. The van der Waals surface area contributed by atoms with Gasteiger partial charge in [0, 0.05) is 38.6 Å². The van der Waals surface area contributed by atoms with Gasteiger partial charge < -0.3 is 26.0 Å². The summed E-state index contributed by atoms with van der Waals surface area (Å²) in [5, 5.41) is 13.6. The predicted molar refractivity (Wildman–Crippen MR) is 168 cm³/mol. The molecule has 0 aliphatic carbocycles. The molecule has 0 spiro atoms. The maximum atomic E-state index is 14.3. The lowest BCUT2D eigenvalue weighted by Gasteiger charge is -2.40. The quantitative estimate of drug-likeness (QED) is 0.268. The lowest BCUT2D eigenvalue weighted by molar-refractivity contribution is -0.149. The Labute approximate surface area is 253 Å². The summed E-state index contributed by atoms with van der Waals surface area (Å²) in [4.78, 5) is 54.6. The van der Waals surface area contributed by atoms with Gasteiger partial charge in [-0.2, -0.15) is 0 Å². The van der Waals surface area contributed by atoms with E-state index in [0.717, 1.165) is 21.9 Å². The van der Waals surface area contributed by atoms with Crippen LogP contribution in [-0.2, 0) is 27.2 Å². The maximum absolute atomic E-state index is 14.3. The van der Waals surface area contributed by atoms with Gasteiger partial charge in [-0.25, -0.2) is 4.79 Å². The van der Waals surface area contributed by atoms with Crippen molar-refractivity contribution in [3.8, 4) is 0 Å². The van der Waals surface area contributed by atoms with Gasteiger partial charge in [0.05, 0.1) is 0 Å². The van der Waals surface area contributed by atoms with Gasteiger partial charge in [-0.1, -0.05) is 78.4 Å². The number of hydrogen-bond acceptors (Lipinski definition) is 4. The van der Waals surface area contributed by atoms with E-state index < -0.39 is 40.9 Å². The van der Waals surface area contributed by atoms with E-state index in [1.54, 1.807) is 41.8 Å². The third-order valence-corrected chi connectivity index (χ3v) is 7.87. The first-order chi connectivity index (χ1) is 20.1. The van der Waals surface area contributed by atoms with Crippen LogP contribution < -0.4 is 11.1 Å². The molecular weight excluding hydrogens is 544 g/mol. The zero-order chi connectivity index (χ0) is 31.9. The SMILES string of the molecule is C/C(=C\C(=O)N(C)[C@H](Cc1ccc2ccccc2c1)C(=O)N(C)[C@](C)(Cc1ccccc1)C(N)=O)CC(C)(C)NC(=O)O. The van der Waals surface area contributed by atoms with Gasteiger partial charge in [0.15, 0.2) is 0 Å². The fourth-order valence-electron chi connectivity index (χ4n) is 5.36. The van der Waals surface area contributed by atoms with Crippen molar-refractivity contribution in [3.63, 3.8) is 0 Å². The molecule has 228 valence electrons. The molecule has 0 fully saturated rings. The molecule has 0 aromatic heterocycles. The van der Waals surface area contributed by atoms with Gasteiger partial charge in [-0.05, 0) is 56.0 Å². The molecule has 0 saturated carbocycles. The van der Waals surface area contributed by atoms with Gasteiger partial charge in [-0.15, -0.1) is 0 Å². The first-order valence-corrected chi connectivity index (χ1v) is 14.2. The number of fused-ring (bicyclic) bond motifs is 1. The second-order valence-electron chi connectivity index (χ2n) is 12.0. The zero-order valence-corrected chi connectivity index (χ0v) is 25.8. The molecule has 3 aromatic rings. The van der Waals surface area contributed by atoms with Crippen molar-refractivity contribution in [1.29, 1.82) is 0 Å². The van der Waals surface area contributed by atoms with Crippen LogP contribution >= 0.6 is 0 Å². The largest absolute Gasteiger partial charge is 0.465 e. The Morgan fingerprint density at radius 1 is 0.907 bits per heavy atom. The van der Waals surface area contributed by atoms with Crippen LogP contribution in [0.4, 0.5) is 4.79 Å². The van der Waals surface area contributed by atoms with Crippen molar-refractivity contribution in [2.24, 2.45) is 5.73 Å². The summed E-state index contributed by atoms with van der Waals surface area (Å²) >= 11 is 0. The molecule has 0 unspecified atom stereocenters. The Kier molecular flexibility index (Phi) is 10.3. The van der Waals surface area contributed by atoms with Crippen LogP contribution in [0.25, 0.3) is 10.8 Å². The number of benzene rings is 3. The highest BCUT2D eigenvalue weighted by Gasteiger charge is 2.42. The number of carboxylic acid groups (broad SMARTS) is 1. The molecule has 9 nitrogen and oxygen atoms in total. The third-order valence-electron chi connectivity index (χ3n) is 7.87. The molecule has 0 radical (unpaired) electrons. The number of carbonyl (C=O) groups is 4. The van der Waals surface area contributed by atoms with Gasteiger partial charge >= 0.3 is 6.09 Å². The minimum absolute atomic E-state index is 0.204. The van der Waals surface area contributed by atoms with E-state index in [1.165, 1.54) is 15.9 Å². The van der Waals surface area contributed by atoms with Gasteiger partial charge in [-0.3, -0.25) is 14.4 Å². The van der Waals surface area contributed by atoms with Crippen molar-refractivity contribution in [2.75, 3.05) is 14.1 Å². The molecule has 9 heteroatoms. The second kappa shape index (κ2) is 13.5. The van der Waals surface area contributed by atoms with Crippen LogP contribution in [0.15, 0.2) is 84.4 Å². The van der Waals surface area contributed by atoms with Crippen LogP contribution in [0, 0.1) is 0 Å². The summed E-state index contributed by atoms with van der Waals surface area (Å²) < 4.78 is 0. The number of nitrogens with one attached hydrogen (secondary N) is 1. The summed E-state index contributed by atoms with van der Waals surface area (Å²) in [6.07, 6.45) is 0.965. The fourth-order valence-corrected chi connectivity index (χ4v) is 5.36. The Hall–Kier alpha value is -4.66. The lowest BCUT2D eigenvalue weighted by Crippen LogP contribution is -2.61. The smallest absolute Gasteiger partial charge is 0.405 e. The number of hydrogen-bond donors (Lipinski definition) is 3. The van der Waals surface area contributed by atoms with Crippen molar-refractivity contribution in [2.45, 2.75) is 64.1 Å². The van der Waals surface area contributed by atoms with Crippen molar-refractivity contribution < 1.29 is 24.3 Å². The van der Waals surface area contributed by atoms with Crippen LogP contribution in [0.5, 0.6) is 0 Å². The average molecular weight is 587 g/mol. The van der Waals surface area contributed by atoms with E-state index in [1.807, 2.05) is 72.8 Å². The van der Waals surface area contributed by atoms with E-state index in [2.05, 4.69) is 5.32 Å². The lowest BCUT2D eigenvalue weighted by atomic mass is 9.89. The van der Waals surface area contributed by atoms with Crippen LogP contribution in [0.1, 0.15) is 45.2 Å². The summed E-state index contributed by atoms with van der Waals surface area (Å²) in [7, 11) is 3.10.